The standard InChI is InChI=1S/C9H15N3O2/c1-7(13)3-4-9(14)11-8-5-10-12(2)6-8/h5-7,13H,3-4H2,1-2H3,(H,11,14). The Hall–Kier alpha value is -1.36. The topological polar surface area (TPSA) is 67.2 Å². The van der Waals surface area contributed by atoms with E-state index in [4.69, 9.17) is 5.11 Å². The van der Waals surface area contributed by atoms with E-state index in [1.807, 2.05) is 0 Å². The van der Waals surface area contributed by atoms with Crippen molar-refractivity contribution in [1.82, 2.24) is 9.78 Å². The Morgan fingerprint density at radius 1 is 1.79 bits per heavy atom. The van der Waals surface area contributed by atoms with Crippen molar-refractivity contribution in [2.45, 2.75) is 25.9 Å². The van der Waals surface area contributed by atoms with Crippen molar-refractivity contribution in [2.24, 2.45) is 7.05 Å². The van der Waals surface area contributed by atoms with Crippen molar-refractivity contribution in [3.63, 3.8) is 0 Å². The summed E-state index contributed by atoms with van der Waals surface area (Å²) in [5.41, 5.74) is 0.683. The van der Waals surface area contributed by atoms with Gasteiger partial charge >= 0.3 is 0 Å². The summed E-state index contributed by atoms with van der Waals surface area (Å²) in [6.07, 6.45) is 3.67. The highest BCUT2D eigenvalue weighted by molar-refractivity contribution is 5.90. The van der Waals surface area contributed by atoms with Crippen LogP contribution in [0.3, 0.4) is 0 Å². The van der Waals surface area contributed by atoms with Crippen LogP contribution in [-0.2, 0) is 11.8 Å². The lowest BCUT2D eigenvalue weighted by Gasteiger charge is -2.03. The van der Waals surface area contributed by atoms with Gasteiger partial charge in [0.05, 0.1) is 18.0 Å². The van der Waals surface area contributed by atoms with E-state index in [0.717, 1.165) is 0 Å². The summed E-state index contributed by atoms with van der Waals surface area (Å²) in [6.45, 7) is 1.66. The molecule has 1 rings (SSSR count). The summed E-state index contributed by atoms with van der Waals surface area (Å²) in [6, 6.07) is 0. The minimum Gasteiger partial charge on any atom is -0.393 e. The number of hydrogen-bond acceptors (Lipinski definition) is 3. The summed E-state index contributed by atoms with van der Waals surface area (Å²) >= 11 is 0. The maximum atomic E-state index is 11.3. The Morgan fingerprint density at radius 3 is 3.00 bits per heavy atom. The van der Waals surface area contributed by atoms with Gasteiger partial charge in [0.15, 0.2) is 0 Å². The van der Waals surface area contributed by atoms with Gasteiger partial charge < -0.3 is 10.4 Å². The third kappa shape index (κ3) is 3.57. The molecule has 0 bridgehead atoms. The van der Waals surface area contributed by atoms with Crippen LogP contribution in [-0.4, -0.2) is 26.9 Å². The number of carbonyl (C=O) groups is 1. The zero-order valence-electron chi connectivity index (χ0n) is 8.40. The smallest absolute Gasteiger partial charge is 0.224 e. The minimum atomic E-state index is -0.436. The van der Waals surface area contributed by atoms with Gasteiger partial charge in [0.25, 0.3) is 0 Å². The molecule has 0 saturated heterocycles. The van der Waals surface area contributed by atoms with Gasteiger partial charge in [-0.15, -0.1) is 0 Å². The van der Waals surface area contributed by atoms with Crippen LogP contribution >= 0.6 is 0 Å². The third-order valence-corrected chi connectivity index (χ3v) is 1.78. The molecular weight excluding hydrogens is 182 g/mol. The monoisotopic (exact) mass is 197 g/mol. The van der Waals surface area contributed by atoms with E-state index < -0.39 is 6.10 Å². The number of aromatic nitrogens is 2. The molecule has 78 valence electrons. The van der Waals surface area contributed by atoms with Gasteiger partial charge in [-0.3, -0.25) is 9.48 Å². The van der Waals surface area contributed by atoms with E-state index in [-0.39, 0.29) is 5.91 Å². The SMILES string of the molecule is CC(O)CCC(=O)Nc1cnn(C)c1. The zero-order valence-corrected chi connectivity index (χ0v) is 8.40. The molecule has 1 unspecified atom stereocenters. The Kier molecular flexibility index (Phi) is 3.64. The highest BCUT2D eigenvalue weighted by Crippen LogP contribution is 2.05. The van der Waals surface area contributed by atoms with Gasteiger partial charge in [0.2, 0.25) is 5.91 Å². The summed E-state index contributed by atoms with van der Waals surface area (Å²) in [5, 5.41) is 15.6. The lowest BCUT2D eigenvalue weighted by molar-refractivity contribution is -0.116. The Morgan fingerprint density at radius 2 is 2.50 bits per heavy atom. The van der Waals surface area contributed by atoms with Gasteiger partial charge in [-0.05, 0) is 13.3 Å². The predicted octanol–water partition coefficient (Wildman–Crippen LogP) is 0.520. The molecule has 1 atom stereocenters. The molecule has 0 aromatic carbocycles. The highest BCUT2D eigenvalue weighted by Gasteiger charge is 2.05. The highest BCUT2D eigenvalue weighted by atomic mass is 16.3. The number of rotatable bonds is 4. The van der Waals surface area contributed by atoms with E-state index in [1.54, 1.807) is 31.0 Å². The fraction of sp³-hybridized carbons (Fsp3) is 0.556. The molecule has 0 fully saturated rings. The van der Waals surface area contributed by atoms with Crippen LogP contribution in [0.4, 0.5) is 5.69 Å². The molecule has 1 aromatic rings. The molecule has 1 aromatic heterocycles. The lowest BCUT2D eigenvalue weighted by atomic mass is 10.2. The molecule has 0 aliphatic carbocycles. The number of nitrogens with zero attached hydrogens (tertiary/aromatic N) is 2. The van der Waals surface area contributed by atoms with E-state index in [1.165, 1.54) is 0 Å². The van der Waals surface area contributed by atoms with Crippen LogP contribution in [0.25, 0.3) is 0 Å². The minimum absolute atomic E-state index is 0.0982. The van der Waals surface area contributed by atoms with Crippen molar-refractivity contribution >= 4 is 11.6 Å². The molecule has 0 aliphatic heterocycles. The van der Waals surface area contributed by atoms with E-state index in [9.17, 15) is 4.79 Å². The van der Waals surface area contributed by atoms with Crippen molar-refractivity contribution in [1.29, 1.82) is 0 Å². The number of nitrogens with one attached hydrogen (secondary N) is 1. The van der Waals surface area contributed by atoms with Crippen LogP contribution in [0.15, 0.2) is 12.4 Å². The maximum Gasteiger partial charge on any atom is 0.224 e. The molecule has 0 saturated carbocycles. The quantitative estimate of drug-likeness (QED) is 0.739. The van der Waals surface area contributed by atoms with Gasteiger partial charge in [-0.1, -0.05) is 0 Å². The number of hydrogen-bond donors (Lipinski definition) is 2. The summed E-state index contributed by atoms with van der Waals surface area (Å²) < 4.78 is 1.62. The van der Waals surface area contributed by atoms with Gasteiger partial charge in [0, 0.05) is 19.7 Å². The maximum absolute atomic E-state index is 11.3. The molecular formula is C9H15N3O2. The Balaban J connectivity index is 2.34. The van der Waals surface area contributed by atoms with Crippen LogP contribution in [0, 0.1) is 0 Å². The van der Waals surface area contributed by atoms with Gasteiger partial charge in [-0.2, -0.15) is 5.10 Å². The fourth-order valence-electron chi connectivity index (χ4n) is 1.05. The van der Waals surface area contributed by atoms with Crippen LogP contribution in [0.1, 0.15) is 19.8 Å². The van der Waals surface area contributed by atoms with E-state index in [2.05, 4.69) is 10.4 Å². The lowest BCUT2D eigenvalue weighted by Crippen LogP contribution is -2.13. The zero-order chi connectivity index (χ0) is 10.6. The first kappa shape index (κ1) is 10.7. The molecule has 0 aliphatic rings. The van der Waals surface area contributed by atoms with Crippen LogP contribution < -0.4 is 5.32 Å². The van der Waals surface area contributed by atoms with Crippen molar-refractivity contribution in [2.75, 3.05) is 5.32 Å². The number of aliphatic hydroxyl groups excluding tert-OH is 1. The normalized spacial score (nSPS) is 12.5. The summed E-state index contributed by atoms with van der Waals surface area (Å²) in [5.74, 6) is -0.0982. The largest absolute Gasteiger partial charge is 0.393 e. The van der Waals surface area contributed by atoms with Crippen molar-refractivity contribution < 1.29 is 9.90 Å². The number of carbonyl (C=O) groups excluding carboxylic acids is 1. The predicted molar refractivity (Wildman–Crippen MR) is 52.8 cm³/mol. The summed E-state index contributed by atoms with van der Waals surface area (Å²) in [7, 11) is 1.78. The Bertz CT molecular complexity index is 307. The Labute approximate surface area is 82.7 Å². The van der Waals surface area contributed by atoms with Crippen molar-refractivity contribution in [3.05, 3.63) is 12.4 Å². The second-order valence-corrected chi connectivity index (χ2v) is 3.34. The van der Waals surface area contributed by atoms with Crippen molar-refractivity contribution in [3.8, 4) is 0 Å². The average molecular weight is 197 g/mol. The molecule has 14 heavy (non-hydrogen) atoms. The molecule has 0 radical (unpaired) electrons. The first-order valence-electron chi connectivity index (χ1n) is 4.54. The van der Waals surface area contributed by atoms with Gasteiger partial charge in [0.1, 0.15) is 0 Å². The van der Waals surface area contributed by atoms with E-state index >= 15 is 0 Å². The average Bonchev–Trinajstić information content (AvgIpc) is 2.48. The van der Waals surface area contributed by atoms with Crippen LogP contribution in [0.5, 0.6) is 0 Å². The third-order valence-electron chi connectivity index (χ3n) is 1.78. The second kappa shape index (κ2) is 4.76. The molecule has 1 heterocycles. The molecule has 1 amide bonds. The molecule has 0 spiro atoms. The molecule has 5 heteroatoms. The number of aliphatic hydroxyl groups is 1. The first-order chi connectivity index (χ1) is 6.58. The molecule has 2 N–H and O–H groups in total. The molecule has 5 nitrogen and oxygen atoms in total. The van der Waals surface area contributed by atoms with Crippen LogP contribution in [0.2, 0.25) is 0 Å². The number of anilines is 1. The van der Waals surface area contributed by atoms with Gasteiger partial charge in [-0.25, -0.2) is 0 Å². The second-order valence-electron chi connectivity index (χ2n) is 3.34. The first-order valence-corrected chi connectivity index (χ1v) is 4.54. The number of amides is 1. The summed E-state index contributed by atoms with van der Waals surface area (Å²) in [4.78, 5) is 11.3. The van der Waals surface area contributed by atoms with E-state index in [0.29, 0.717) is 18.5 Å². The number of aryl methyl sites for hydroxylation is 1. The fourth-order valence-corrected chi connectivity index (χ4v) is 1.05.